The minimum atomic E-state index is 0.0684. The number of oxime groups is 1. The van der Waals surface area contributed by atoms with Gasteiger partial charge in [0.05, 0.1) is 18.5 Å². The number of nitrogens with zero attached hydrogens (tertiary/aromatic N) is 3. The molecule has 0 aliphatic rings. The van der Waals surface area contributed by atoms with E-state index in [0.717, 1.165) is 5.69 Å². The molecular weight excluding hydrogens is 220 g/mol. The summed E-state index contributed by atoms with van der Waals surface area (Å²) in [5.41, 5.74) is 7.07. The van der Waals surface area contributed by atoms with Crippen LogP contribution in [0.15, 0.2) is 23.6 Å². The van der Waals surface area contributed by atoms with Gasteiger partial charge in [-0.05, 0) is 13.0 Å². The topological polar surface area (TPSA) is 84.0 Å². The number of pyridine rings is 1. The maximum atomic E-state index is 8.74. The molecule has 0 radical (unpaired) electrons. The molecule has 6 nitrogen and oxygen atoms in total. The van der Waals surface area contributed by atoms with Crippen LogP contribution in [0.1, 0.15) is 12.5 Å². The maximum Gasteiger partial charge on any atom is 0.172 e. The lowest BCUT2D eigenvalue weighted by atomic mass is 10.1. The van der Waals surface area contributed by atoms with E-state index in [2.05, 4.69) is 10.1 Å². The van der Waals surface area contributed by atoms with Crippen molar-refractivity contribution in [3.63, 3.8) is 0 Å². The summed E-state index contributed by atoms with van der Waals surface area (Å²) < 4.78 is 5.10. The molecule has 1 atom stereocenters. The highest BCUT2D eigenvalue weighted by atomic mass is 16.5. The van der Waals surface area contributed by atoms with Crippen LogP contribution < -0.4 is 10.6 Å². The van der Waals surface area contributed by atoms with Crippen LogP contribution in [-0.2, 0) is 4.74 Å². The van der Waals surface area contributed by atoms with Gasteiger partial charge in [0.1, 0.15) is 0 Å². The van der Waals surface area contributed by atoms with E-state index < -0.39 is 0 Å². The number of likely N-dealkylation sites (N-methyl/N-ethyl adjacent to an activating group) is 1. The number of hydrogen-bond donors (Lipinski definition) is 2. The first-order valence-electron chi connectivity index (χ1n) is 5.25. The molecule has 3 N–H and O–H groups in total. The number of nitrogens with two attached hydrogens (primary N) is 1. The van der Waals surface area contributed by atoms with Gasteiger partial charge >= 0.3 is 0 Å². The highest BCUT2D eigenvalue weighted by Gasteiger charge is 2.15. The highest BCUT2D eigenvalue weighted by Crippen LogP contribution is 2.19. The first-order chi connectivity index (χ1) is 8.11. The Balaban J connectivity index is 3.04. The monoisotopic (exact) mass is 238 g/mol. The number of methoxy groups -OCH3 is 1. The Morgan fingerprint density at radius 1 is 1.71 bits per heavy atom. The molecule has 0 saturated carbocycles. The van der Waals surface area contributed by atoms with E-state index in [9.17, 15) is 0 Å². The van der Waals surface area contributed by atoms with Crippen LogP contribution in [-0.4, -0.2) is 42.8 Å². The number of hydrogen-bond acceptors (Lipinski definition) is 5. The molecule has 0 aliphatic carbocycles. The summed E-state index contributed by atoms with van der Waals surface area (Å²) in [6.45, 7) is 2.60. The van der Waals surface area contributed by atoms with Gasteiger partial charge in [0, 0.05) is 32.0 Å². The summed E-state index contributed by atoms with van der Waals surface area (Å²) in [5, 5.41) is 11.8. The SMILES string of the molecule is COCC(C)N(C)c1cnccc1/C(N)=N/O. The van der Waals surface area contributed by atoms with Crippen LogP contribution in [0.4, 0.5) is 5.69 Å². The fourth-order valence-corrected chi connectivity index (χ4v) is 1.53. The van der Waals surface area contributed by atoms with Gasteiger partial charge in [0.2, 0.25) is 0 Å². The third kappa shape index (κ3) is 3.07. The van der Waals surface area contributed by atoms with Crippen molar-refractivity contribution in [1.82, 2.24) is 4.98 Å². The molecule has 0 aromatic carbocycles. The van der Waals surface area contributed by atoms with Crippen molar-refractivity contribution in [2.24, 2.45) is 10.9 Å². The summed E-state index contributed by atoms with van der Waals surface area (Å²) in [4.78, 5) is 6.03. The minimum Gasteiger partial charge on any atom is -0.409 e. The Morgan fingerprint density at radius 2 is 2.41 bits per heavy atom. The molecular formula is C11H18N4O2. The summed E-state index contributed by atoms with van der Waals surface area (Å²) in [7, 11) is 3.56. The second-order valence-corrected chi connectivity index (χ2v) is 3.79. The largest absolute Gasteiger partial charge is 0.409 e. The van der Waals surface area contributed by atoms with E-state index in [4.69, 9.17) is 15.7 Å². The maximum absolute atomic E-state index is 8.74. The number of ether oxygens (including phenoxy) is 1. The molecule has 1 aromatic heterocycles. The van der Waals surface area contributed by atoms with E-state index in [1.807, 2.05) is 18.9 Å². The molecule has 1 aromatic rings. The van der Waals surface area contributed by atoms with Crippen molar-refractivity contribution in [3.05, 3.63) is 24.0 Å². The van der Waals surface area contributed by atoms with Gasteiger partial charge in [0.25, 0.3) is 0 Å². The average molecular weight is 238 g/mol. The molecule has 0 fully saturated rings. The van der Waals surface area contributed by atoms with Crippen LogP contribution in [0, 0.1) is 0 Å². The lowest BCUT2D eigenvalue weighted by Gasteiger charge is -2.27. The predicted molar refractivity (Wildman–Crippen MR) is 66.5 cm³/mol. The van der Waals surface area contributed by atoms with Crippen molar-refractivity contribution in [1.29, 1.82) is 0 Å². The van der Waals surface area contributed by atoms with Crippen molar-refractivity contribution < 1.29 is 9.94 Å². The van der Waals surface area contributed by atoms with Crippen LogP contribution in [0.5, 0.6) is 0 Å². The Bertz CT molecular complexity index is 395. The third-order valence-electron chi connectivity index (χ3n) is 2.63. The zero-order valence-corrected chi connectivity index (χ0v) is 10.3. The lowest BCUT2D eigenvalue weighted by molar-refractivity contribution is 0.183. The minimum absolute atomic E-state index is 0.0684. The molecule has 0 spiro atoms. The normalized spacial score (nSPS) is 13.5. The van der Waals surface area contributed by atoms with Crippen LogP contribution in [0.2, 0.25) is 0 Å². The molecule has 0 saturated heterocycles. The number of anilines is 1. The summed E-state index contributed by atoms with van der Waals surface area (Å²) in [5.74, 6) is 0.0684. The molecule has 1 heterocycles. The molecule has 0 aliphatic heterocycles. The highest BCUT2D eigenvalue weighted by molar-refractivity contribution is 6.01. The zero-order chi connectivity index (χ0) is 12.8. The fourth-order valence-electron chi connectivity index (χ4n) is 1.53. The quantitative estimate of drug-likeness (QED) is 0.340. The summed E-state index contributed by atoms with van der Waals surface area (Å²) in [6, 6.07) is 1.87. The lowest BCUT2D eigenvalue weighted by Crippen LogP contribution is -2.34. The first kappa shape index (κ1) is 13.2. The van der Waals surface area contributed by atoms with Gasteiger partial charge in [-0.3, -0.25) is 4.98 Å². The summed E-state index contributed by atoms with van der Waals surface area (Å²) >= 11 is 0. The van der Waals surface area contributed by atoms with Crippen molar-refractivity contribution >= 4 is 11.5 Å². The number of rotatable bonds is 5. The fraction of sp³-hybridized carbons (Fsp3) is 0.455. The van der Waals surface area contributed by atoms with Gasteiger partial charge < -0.3 is 20.6 Å². The van der Waals surface area contributed by atoms with Crippen LogP contribution >= 0.6 is 0 Å². The van der Waals surface area contributed by atoms with Crippen molar-refractivity contribution in [3.8, 4) is 0 Å². The van der Waals surface area contributed by atoms with Crippen molar-refractivity contribution in [2.75, 3.05) is 25.7 Å². The van der Waals surface area contributed by atoms with E-state index in [0.29, 0.717) is 12.2 Å². The van der Waals surface area contributed by atoms with E-state index in [1.165, 1.54) is 0 Å². The van der Waals surface area contributed by atoms with E-state index >= 15 is 0 Å². The molecule has 94 valence electrons. The van der Waals surface area contributed by atoms with Gasteiger partial charge in [-0.1, -0.05) is 5.16 Å². The Morgan fingerprint density at radius 3 is 3.00 bits per heavy atom. The smallest absolute Gasteiger partial charge is 0.172 e. The standard InChI is InChI=1S/C11H18N4O2/c1-8(7-17-3)15(2)10-6-13-5-4-9(10)11(12)14-16/h4-6,8,16H,7H2,1-3H3,(H2,12,14). The van der Waals surface area contributed by atoms with Gasteiger partial charge in [-0.2, -0.15) is 0 Å². The van der Waals surface area contributed by atoms with Crippen LogP contribution in [0.25, 0.3) is 0 Å². The Hall–Kier alpha value is -1.82. The molecule has 0 amide bonds. The molecule has 1 unspecified atom stereocenters. The second-order valence-electron chi connectivity index (χ2n) is 3.79. The van der Waals surface area contributed by atoms with Crippen molar-refractivity contribution in [2.45, 2.75) is 13.0 Å². The molecule has 0 bridgehead atoms. The molecule has 1 rings (SSSR count). The zero-order valence-electron chi connectivity index (χ0n) is 10.3. The number of aromatic nitrogens is 1. The molecule has 6 heteroatoms. The van der Waals surface area contributed by atoms with Gasteiger partial charge in [-0.25, -0.2) is 0 Å². The average Bonchev–Trinajstić information content (AvgIpc) is 2.37. The first-order valence-corrected chi connectivity index (χ1v) is 5.25. The Kier molecular flexibility index (Phi) is 4.71. The Labute approximate surface area is 101 Å². The number of amidine groups is 1. The molecule has 17 heavy (non-hydrogen) atoms. The third-order valence-corrected chi connectivity index (χ3v) is 2.63. The van der Waals surface area contributed by atoms with Crippen LogP contribution in [0.3, 0.4) is 0 Å². The second kappa shape index (κ2) is 6.05. The van der Waals surface area contributed by atoms with Gasteiger partial charge in [0.15, 0.2) is 5.84 Å². The van der Waals surface area contributed by atoms with E-state index in [1.54, 1.807) is 25.6 Å². The predicted octanol–water partition coefficient (Wildman–Crippen LogP) is 0.647. The van der Waals surface area contributed by atoms with Gasteiger partial charge in [-0.15, -0.1) is 0 Å². The summed E-state index contributed by atoms with van der Waals surface area (Å²) in [6.07, 6.45) is 3.28. The van der Waals surface area contributed by atoms with E-state index in [-0.39, 0.29) is 11.9 Å².